The maximum absolute atomic E-state index is 10.2. The molecule has 2 N–H and O–H groups in total. The van der Waals surface area contributed by atoms with Gasteiger partial charge in [0.15, 0.2) is 5.66 Å². The molecule has 0 aromatic rings. The summed E-state index contributed by atoms with van der Waals surface area (Å²) in [7, 11) is 0. The summed E-state index contributed by atoms with van der Waals surface area (Å²) in [6, 6.07) is 0. The maximum atomic E-state index is 10.2. The van der Waals surface area contributed by atoms with Gasteiger partial charge in [0.25, 0.3) is 0 Å². The molecule has 0 heterocycles. The summed E-state index contributed by atoms with van der Waals surface area (Å²) in [6.45, 7) is 0. The molecule has 1 fully saturated rings. The summed E-state index contributed by atoms with van der Waals surface area (Å²) in [4.78, 5) is 10.2. The van der Waals surface area contributed by atoms with Crippen LogP contribution in [0, 0.1) is 4.91 Å². The van der Waals surface area contributed by atoms with Crippen molar-refractivity contribution in [3.05, 3.63) is 4.91 Å². The van der Waals surface area contributed by atoms with Crippen LogP contribution in [0.3, 0.4) is 0 Å². The number of hydroxylamine groups is 1. The van der Waals surface area contributed by atoms with E-state index in [2.05, 4.69) is 5.18 Å². The van der Waals surface area contributed by atoms with Gasteiger partial charge in [-0.15, -0.1) is 4.91 Å². The minimum Gasteiger partial charge on any atom is -0.314 e. The largest absolute Gasteiger partial charge is 1.00 e. The molecule has 0 saturated heterocycles. The van der Waals surface area contributed by atoms with Crippen molar-refractivity contribution < 1.29 is 56.6 Å². The Kier molecular flexibility index (Phi) is 6.35. The standard InChI is InChI=1S/C6H12N2O2.K/c9-7-6(8-10)4-2-1-3-5-6;/h7,9H,1-5H2;/q;+1. The molecular weight excluding hydrogens is 171 g/mol. The second-order valence-electron chi connectivity index (χ2n) is 2.80. The summed E-state index contributed by atoms with van der Waals surface area (Å²) in [5.41, 5.74) is 1.13. The molecule has 0 radical (unpaired) electrons. The van der Waals surface area contributed by atoms with E-state index in [0.29, 0.717) is 12.8 Å². The summed E-state index contributed by atoms with van der Waals surface area (Å²) < 4.78 is 0. The molecule has 4 nitrogen and oxygen atoms in total. The first kappa shape index (κ1) is 12.2. The quantitative estimate of drug-likeness (QED) is 0.308. The Morgan fingerprint density at radius 3 is 2.09 bits per heavy atom. The van der Waals surface area contributed by atoms with E-state index < -0.39 is 5.66 Å². The summed E-state index contributed by atoms with van der Waals surface area (Å²) >= 11 is 0. The Balaban J connectivity index is 0.000001000. The summed E-state index contributed by atoms with van der Waals surface area (Å²) in [6.07, 6.45) is 4.40. The number of hydrogen-bond acceptors (Lipinski definition) is 4. The Morgan fingerprint density at radius 1 is 1.27 bits per heavy atom. The average molecular weight is 183 g/mol. The van der Waals surface area contributed by atoms with E-state index in [1.54, 1.807) is 0 Å². The number of nitrogens with zero attached hydrogens (tertiary/aromatic N) is 1. The second-order valence-corrected chi connectivity index (χ2v) is 2.80. The molecule has 5 heteroatoms. The van der Waals surface area contributed by atoms with Gasteiger partial charge in [0.05, 0.1) is 0 Å². The van der Waals surface area contributed by atoms with E-state index >= 15 is 0 Å². The molecule has 1 aliphatic rings. The number of rotatable bonds is 2. The molecule has 0 bridgehead atoms. The minimum atomic E-state index is -0.863. The van der Waals surface area contributed by atoms with Crippen LogP contribution in [0.2, 0.25) is 0 Å². The molecule has 0 aromatic carbocycles. The molecule has 58 valence electrons. The molecule has 1 saturated carbocycles. The fourth-order valence-corrected chi connectivity index (χ4v) is 1.36. The Hall–Kier alpha value is 1.16. The Bertz CT molecular complexity index is 126. The first-order valence-corrected chi connectivity index (χ1v) is 3.59. The third-order valence-corrected chi connectivity index (χ3v) is 2.06. The van der Waals surface area contributed by atoms with Crippen molar-refractivity contribution in [3.63, 3.8) is 0 Å². The summed E-state index contributed by atoms with van der Waals surface area (Å²) in [5.74, 6) is 0. The topological polar surface area (TPSA) is 61.7 Å². The van der Waals surface area contributed by atoms with E-state index in [1.807, 2.05) is 5.48 Å². The maximum Gasteiger partial charge on any atom is 1.00 e. The van der Waals surface area contributed by atoms with Gasteiger partial charge in [-0.05, 0) is 30.9 Å². The average Bonchev–Trinajstić information content (AvgIpc) is 2.06. The Labute approximate surface area is 108 Å². The van der Waals surface area contributed by atoms with E-state index in [0.717, 1.165) is 19.3 Å². The third-order valence-electron chi connectivity index (χ3n) is 2.06. The molecule has 1 rings (SSSR count). The van der Waals surface area contributed by atoms with Crippen molar-refractivity contribution in [2.45, 2.75) is 37.8 Å². The smallest absolute Gasteiger partial charge is 0.314 e. The number of hydrogen-bond donors (Lipinski definition) is 2. The fraction of sp³-hybridized carbons (Fsp3) is 1.00. The van der Waals surface area contributed by atoms with Crippen molar-refractivity contribution in [2.75, 3.05) is 0 Å². The van der Waals surface area contributed by atoms with Crippen LogP contribution in [0.25, 0.3) is 0 Å². The van der Waals surface area contributed by atoms with E-state index in [1.165, 1.54) is 0 Å². The first-order chi connectivity index (χ1) is 4.83. The fourth-order valence-electron chi connectivity index (χ4n) is 1.36. The van der Waals surface area contributed by atoms with E-state index in [-0.39, 0.29) is 51.4 Å². The molecule has 0 spiro atoms. The Morgan fingerprint density at radius 2 is 1.82 bits per heavy atom. The number of nitroso groups, excluding NO2 is 1. The number of nitrogens with one attached hydrogen (secondary N) is 1. The zero-order valence-corrected chi connectivity index (χ0v) is 9.96. The van der Waals surface area contributed by atoms with Crippen molar-refractivity contribution in [3.8, 4) is 0 Å². The summed E-state index contributed by atoms with van der Waals surface area (Å²) in [5, 5.41) is 11.5. The molecule has 11 heavy (non-hydrogen) atoms. The predicted octanol–water partition coefficient (Wildman–Crippen LogP) is -1.60. The van der Waals surface area contributed by atoms with Crippen LogP contribution in [-0.2, 0) is 0 Å². The molecular formula is C6H12KN2O2+. The van der Waals surface area contributed by atoms with Crippen LogP contribution < -0.4 is 56.9 Å². The minimum absolute atomic E-state index is 0. The zero-order valence-electron chi connectivity index (χ0n) is 6.84. The van der Waals surface area contributed by atoms with Crippen LogP contribution in [0.15, 0.2) is 5.18 Å². The zero-order chi connectivity index (χ0) is 7.45. The molecule has 0 aliphatic heterocycles. The molecule has 0 atom stereocenters. The van der Waals surface area contributed by atoms with Gasteiger partial charge < -0.3 is 5.21 Å². The van der Waals surface area contributed by atoms with Crippen LogP contribution in [0.1, 0.15) is 32.1 Å². The molecule has 0 amide bonds. The van der Waals surface area contributed by atoms with Crippen LogP contribution in [-0.4, -0.2) is 10.9 Å². The van der Waals surface area contributed by atoms with Gasteiger partial charge in [-0.1, -0.05) is 6.42 Å². The van der Waals surface area contributed by atoms with Crippen LogP contribution in [0.5, 0.6) is 0 Å². The molecule has 0 unspecified atom stereocenters. The van der Waals surface area contributed by atoms with Crippen molar-refractivity contribution in [2.24, 2.45) is 5.18 Å². The molecule has 0 aromatic heterocycles. The van der Waals surface area contributed by atoms with Crippen molar-refractivity contribution in [1.29, 1.82) is 0 Å². The van der Waals surface area contributed by atoms with Crippen molar-refractivity contribution >= 4 is 0 Å². The van der Waals surface area contributed by atoms with Gasteiger partial charge >= 0.3 is 51.4 Å². The van der Waals surface area contributed by atoms with Gasteiger partial charge in [0.2, 0.25) is 0 Å². The second kappa shape index (κ2) is 5.74. The van der Waals surface area contributed by atoms with Crippen molar-refractivity contribution in [1.82, 2.24) is 5.48 Å². The van der Waals surface area contributed by atoms with Gasteiger partial charge in [0, 0.05) is 0 Å². The van der Waals surface area contributed by atoms with E-state index in [9.17, 15) is 4.91 Å². The monoisotopic (exact) mass is 183 g/mol. The predicted molar refractivity (Wildman–Crippen MR) is 36.5 cm³/mol. The SMILES string of the molecule is O=NC1(NO)CCCCC1.[K+]. The molecule has 1 aliphatic carbocycles. The van der Waals surface area contributed by atoms with E-state index in [4.69, 9.17) is 5.21 Å². The van der Waals surface area contributed by atoms with Gasteiger partial charge in [0.1, 0.15) is 0 Å². The van der Waals surface area contributed by atoms with Gasteiger partial charge in [-0.25, -0.2) is 0 Å². The van der Waals surface area contributed by atoms with Gasteiger partial charge in [-0.3, -0.25) is 0 Å². The third kappa shape index (κ3) is 3.18. The first-order valence-electron chi connectivity index (χ1n) is 3.59. The normalized spacial score (nSPS) is 21.9. The van der Waals surface area contributed by atoms with Crippen LogP contribution >= 0.6 is 0 Å². The van der Waals surface area contributed by atoms with Gasteiger partial charge in [-0.2, -0.15) is 5.48 Å². The van der Waals surface area contributed by atoms with Crippen LogP contribution in [0.4, 0.5) is 0 Å².